The van der Waals surface area contributed by atoms with Crippen LogP contribution in [0.1, 0.15) is 31.6 Å². The maximum Gasteiger partial charge on any atom is 0.0620 e. The van der Waals surface area contributed by atoms with Gasteiger partial charge in [-0.05, 0) is 37.6 Å². The average molecular weight is 184 g/mol. The molecule has 1 N–H and O–H groups in total. The molecule has 1 rings (SSSR count). The highest BCUT2D eigenvalue weighted by molar-refractivity contribution is 7.09. The molecular weight excluding hydrogens is 168 g/mol. The van der Waals surface area contributed by atoms with Gasteiger partial charge in [0, 0.05) is 4.88 Å². The van der Waals surface area contributed by atoms with E-state index in [-0.39, 0.29) is 0 Å². The molecule has 2 heteroatoms. The van der Waals surface area contributed by atoms with Crippen LogP contribution in [0.3, 0.4) is 0 Å². The van der Waals surface area contributed by atoms with Crippen LogP contribution in [0.15, 0.2) is 17.5 Å². The number of aryl methyl sites for hydroxylation is 1. The van der Waals surface area contributed by atoms with E-state index < -0.39 is 5.60 Å². The second-order valence-corrected chi connectivity index (χ2v) is 4.46. The maximum absolute atomic E-state index is 9.73. The molecule has 0 aliphatic carbocycles. The molecule has 0 saturated carbocycles. The highest BCUT2D eigenvalue weighted by Gasteiger charge is 2.16. The van der Waals surface area contributed by atoms with Gasteiger partial charge in [0.2, 0.25) is 0 Å². The first-order valence-corrected chi connectivity index (χ1v) is 5.27. The molecule has 0 bridgehead atoms. The van der Waals surface area contributed by atoms with Gasteiger partial charge in [0.1, 0.15) is 0 Å². The van der Waals surface area contributed by atoms with Gasteiger partial charge in [0.15, 0.2) is 0 Å². The fourth-order valence-corrected chi connectivity index (χ4v) is 1.73. The number of hydrogen-bond acceptors (Lipinski definition) is 2. The molecule has 0 aliphatic rings. The molecule has 0 radical (unpaired) electrons. The van der Waals surface area contributed by atoms with Gasteiger partial charge in [-0.25, -0.2) is 0 Å². The molecule has 1 aromatic heterocycles. The van der Waals surface area contributed by atoms with Crippen molar-refractivity contribution < 1.29 is 5.11 Å². The first-order valence-electron chi connectivity index (χ1n) is 4.39. The predicted octanol–water partition coefficient (Wildman–Crippen LogP) is 2.84. The normalized spacial score (nSPS) is 15.9. The Kier molecular flexibility index (Phi) is 3.29. The summed E-state index contributed by atoms with van der Waals surface area (Å²) in [6, 6.07) is 4.18. The Morgan fingerprint density at radius 3 is 2.83 bits per heavy atom. The topological polar surface area (TPSA) is 20.2 Å². The van der Waals surface area contributed by atoms with Crippen molar-refractivity contribution in [1.82, 2.24) is 0 Å². The predicted molar refractivity (Wildman–Crippen MR) is 53.6 cm³/mol. The van der Waals surface area contributed by atoms with Gasteiger partial charge in [0.25, 0.3) is 0 Å². The summed E-state index contributed by atoms with van der Waals surface area (Å²) >= 11 is 1.76. The third kappa shape index (κ3) is 2.95. The van der Waals surface area contributed by atoms with Crippen molar-refractivity contribution >= 4 is 11.3 Å². The van der Waals surface area contributed by atoms with Crippen LogP contribution >= 0.6 is 11.3 Å². The third-order valence-corrected chi connectivity index (χ3v) is 3.19. The fraction of sp³-hybridized carbons (Fsp3) is 0.600. The van der Waals surface area contributed by atoms with Gasteiger partial charge in [-0.15, -0.1) is 11.3 Å². The molecule has 0 amide bonds. The van der Waals surface area contributed by atoms with Crippen LogP contribution in [0.25, 0.3) is 0 Å². The van der Waals surface area contributed by atoms with Crippen molar-refractivity contribution in [2.45, 2.75) is 38.7 Å². The molecule has 1 atom stereocenters. The van der Waals surface area contributed by atoms with Crippen molar-refractivity contribution in [3.63, 3.8) is 0 Å². The second-order valence-electron chi connectivity index (χ2n) is 3.43. The molecule has 0 saturated heterocycles. The summed E-state index contributed by atoms with van der Waals surface area (Å²) in [6.07, 6.45) is 2.70. The smallest absolute Gasteiger partial charge is 0.0620 e. The minimum atomic E-state index is -0.482. The van der Waals surface area contributed by atoms with Gasteiger partial charge in [0.05, 0.1) is 5.60 Å². The Balaban J connectivity index is 2.36. The lowest BCUT2D eigenvalue weighted by Gasteiger charge is -2.20. The Hall–Kier alpha value is -0.340. The Morgan fingerprint density at radius 1 is 1.58 bits per heavy atom. The first kappa shape index (κ1) is 9.75. The summed E-state index contributed by atoms with van der Waals surface area (Å²) in [6.45, 7) is 3.93. The summed E-state index contributed by atoms with van der Waals surface area (Å²) < 4.78 is 0. The largest absolute Gasteiger partial charge is 0.390 e. The molecular formula is C10H16OS. The molecule has 0 aliphatic heterocycles. The van der Waals surface area contributed by atoms with Crippen LogP contribution in [-0.4, -0.2) is 10.7 Å². The van der Waals surface area contributed by atoms with E-state index in [0.29, 0.717) is 0 Å². The van der Waals surface area contributed by atoms with Gasteiger partial charge in [-0.2, -0.15) is 0 Å². The highest BCUT2D eigenvalue weighted by Crippen LogP contribution is 2.19. The first-order chi connectivity index (χ1) is 5.64. The summed E-state index contributed by atoms with van der Waals surface area (Å²) in [5, 5.41) is 11.8. The number of hydrogen-bond donors (Lipinski definition) is 1. The molecule has 0 spiro atoms. The molecule has 68 valence electrons. The Bertz CT molecular complexity index is 214. The van der Waals surface area contributed by atoms with Gasteiger partial charge in [-0.1, -0.05) is 13.0 Å². The number of aliphatic hydroxyl groups is 1. The van der Waals surface area contributed by atoms with E-state index in [2.05, 4.69) is 17.5 Å². The van der Waals surface area contributed by atoms with Crippen LogP contribution in [0.4, 0.5) is 0 Å². The molecule has 12 heavy (non-hydrogen) atoms. The Morgan fingerprint density at radius 2 is 2.33 bits per heavy atom. The summed E-state index contributed by atoms with van der Waals surface area (Å²) in [7, 11) is 0. The van der Waals surface area contributed by atoms with E-state index in [9.17, 15) is 5.11 Å². The van der Waals surface area contributed by atoms with Crippen LogP contribution in [-0.2, 0) is 6.42 Å². The molecule has 1 unspecified atom stereocenters. The zero-order chi connectivity index (χ0) is 9.03. The van der Waals surface area contributed by atoms with E-state index in [4.69, 9.17) is 0 Å². The van der Waals surface area contributed by atoms with E-state index in [1.807, 2.05) is 13.8 Å². The van der Waals surface area contributed by atoms with Crippen LogP contribution < -0.4 is 0 Å². The molecule has 1 aromatic rings. The van der Waals surface area contributed by atoms with Gasteiger partial charge >= 0.3 is 0 Å². The van der Waals surface area contributed by atoms with E-state index >= 15 is 0 Å². The highest BCUT2D eigenvalue weighted by atomic mass is 32.1. The zero-order valence-corrected chi connectivity index (χ0v) is 8.53. The van der Waals surface area contributed by atoms with Crippen molar-refractivity contribution in [3.05, 3.63) is 22.4 Å². The monoisotopic (exact) mass is 184 g/mol. The average Bonchev–Trinajstić information content (AvgIpc) is 2.53. The van der Waals surface area contributed by atoms with Crippen LogP contribution in [0.5, 0.6) is 0 Å². The lowest BCUT2D eigenvalue weighted by molar-refractivity contribution is 0.0475. The van der Waals surface area contributed by atoms with E-state index in [1.165, 1.54) is 4.88 Å². The summed E-state index contributed by atoms with van der Waals surface area (Å²) in [5.41, 5.74) is -0.482. The lowest BCUT2D eigenvalue weighted by Crippen LogP contribution is -2.23. The minimum Gasteiger partial charge on any atom is -0.390 e. The van der Waals surface area contributed by atoms with Gasteiger partial charge in [-0.3, -0.25) is 0 Å². The van der Waals surface area contributed by atoms with E-state index in [1.54, 1.807) is 11.3 Å². The van der Waals surface area contributed by atoms with Crippen LogP contribution in [0, 0.1) is 0 Å². The molecule has 0 aromatic carbocycles. The SMILES string of the molecule is CCC(C)(O)CCc1cccs1. The van der Waals surface area contributed by atoms with Crippen molar-refractivity contribution in [2.75, 3.05) is 0 Å². The standard InChI is InChI=1S/C10H16OS/c1-3-10(2,11)7-6-9-5-4-8-12-9/h4-5,8,11H,3,6-7H2,1-2H3. The maximum atomic E-state index is 9.73. The summed E-state index contributed by atoms with van der Waals surface area (Å²) in [5.74, 6) is 0. The van der Waals surface area contributed by atoms with Crippen molar-refractivity contribution in [1.29, 1.82) is 0 Å². The molecule has 1 nitrogen and oxygen atoms in total. The zero-order valence-electron chi connectivity index (χ0n) is 7.71. The van der Waals surface area contributed by atoms with Crippen LogP contribution in [0.2, 0.25) is 0 Å². The van der Waals surface area contributed by atoms with Crippen molar-refractivity contribution in [3.8, 4) is 0 Å². The quantitative estimate of drug-likeness (QED) is 0.763. The fourth-order valence-electron chi connectivity index (χ4n) is 1.02. The van der Waals surface area contributed by atoms with Crippen molar-refractivity contribution in [2.24, 2.45) is 0 Å². The van der Waals surface area contributed by atoms with E-state index in [0.717, 1.165) is 19.3 Å². The number of rotatable bonds is 4. The Labute approximate surface area is 78.1 Å². The molecule has 0 fully saturated rings. The third-order valence-electron chi connectivity index (χ3n) is 2.25. The van der Waals surface area contributed by atoms with Gasteiger partial charge < -0.3 is 5.11 Å². The summed E-state index contributed by atoms with van der Waals surface area (Å²) in [4.78, 5) is 1.36. The second kappa shape index (κ2) is 4.06. The lowest BCUT2D eigenvalue weighted by atomic mass is 9.97. The molecule has 1 heterocycles. The number of thiophene rings is 1. The minimum absolute atomic E-state index is 0.482.